The van der Waals surface area contributed by atoms with Gasteiger partial charge in [-0.1, -0.05) is 0 Å². The topological polar surface area (TPSA) is 80.5 Å². The molecule has 1 aromatic heterocycles. The molecule has 52 valence electrons. The van der Waals surface area contributed by atoms with Crippen molar-refractivity contribution >= 4 is 5.95 Å². The lowest BCUT2D eigenvalue weighted by molar-refractivity contribution is 0.636. The fraction of sp³-hybridized carbons (Fsp3) is 0.400. The van der Waals surface area contributed by atoms with Crippen LogP contribution < -0.4 is 5.73 Å². The minimum absolute atomic E-state index is 0.357. The molecule has 10 heavy (non-hydrogen) atoms. The third-order valence-corrected chi connectivity index (χ3v) is 1.08. The maximum atomic E-state index is 8.20. The highest BCUT2D eigenvalue weighted by Gasteiger charge is 1.95. The number of nitrogens with zero attached hydrogens (tertiary/aromatic N) is 4. The second-order valence-corrected chi connectivity index (χ2v) is 1.75. The summed E-state index contributed by atoms with van der Waals surface area (Å²) in [6, 6.07) is 1.99. The molecule has 1 heterocycles. The Morgan fingerprint density at radius 3 is 3.10 bits per heavy atom. The van der Waals surface area contributed by atoms with E-state index in [0.29, 0.717) is 18.9 Å². The normalized spacial score (nSPS) is 9.10. The zero-order valence-electron chi connectivity index (χ0n) is 5.36. The maximum Gasteiger partial charge on any atom is 0.218 e. The number of nitrogens with two attached hydrogens (primary N) is 1. The number of aryl methyl sites for hydroxylation is 1. The second kappa shape index (κ2) is 2.82. The highest BCUT2D eigenvalue weighted by atomic mass is 15.4. The molecule has 1 rings (SSSR count). The second-order valence-electron chi connectivity index (χ2n) is 1.75. The third-order valence-electron chi connectivity index (χ3n) is 1.08. The number of aromatic nitrogens is 3. The average molecular weight is 137 g/mol. The molecule has 0 saturated carbocycles. The average Bonchev–Trinajstić information content (AvgIpc) is 2.31. The van der Waals surface area contributed by atoms with E-state index in [-0.39, 0.29) is 0 Å². The van der Waals surface area contributed by atoms with Gasteiger partial charge in [-0.25, -0.2) is 9.67 Å². The van der Waals surface area contributed by atoms with Crippen LogP contribution in [-0.2, 0) is 6.54 Å². The molecule has 0 radical (unpaired) electrons. The number of nitriles is 1. The van der Waals surface area contributed by atoms with Crippen molar-refractivity contribution in [2.24, 2.45) is 0 Å². The molecule has 0 spiro atoms. The molecule has 0 aliphatic heterocycles. The van der Waals surface area contributed by atoms with E-state index in [0.717, 1.165) is 0 Å². The van der Waals surface area contributed by atoms with Gasteiger partial charge < -0.3 is 5.73 Å². The first-order valence-corrected chi connectivity index (χ1v) is 2.85. The van der Waals surface area contributed by atoms with Crippen molar-refractivity contribution in [1.82, 2.24) is 14.8 Å². The van der Waals surface area contributed by atoms with Crippen molar-refractivity contribution in [3.8, 4) is 6.07 Å². The van der Waals surface area contributed by atoms with Gasteiger partial charge in [0.1, 0.15) is 6.33 Å². The number of hydrogen-bond donors (Lipinski definition) is 1. The lowest BCUT2D eigenvalue weighted by Crippen LogP contribution is -2.04. The molecule has 2 N–H and O–H groups in total. The molecule has 1 aromatic rings. The summed E-state index contributed by atoms with van der Waals surface area (Å²) in [6.07, 6.45) is 1.78. The highest BCUT2D eigenvalue weighted by molar-refractivity contribution is 5.12. The van der Waals surface area contributed by atoms with Crippen LogP contribution in [0.25, 0.3) is 0 Å². The predicted octanol–water partition coefficient (Wildman–Crippen LogP) is -0.226. The summed E-state index contributed by atoms with van der Waals surface area (Å²) < 4.78 is 1.49. The molecule has 0 saturated heterocycles. The van der Waals surface area contributed by atoms with Gasteiger partial charge in [0.15, 0.2) is 0 Å². The van der Waals surface area contributed by atoms with E-state index in [1.807, 2.05) is 6.07 Å². The van der Waals surface area contributed by atoms with Gasteiger partial charge in [-0.2, -0.15) is 10.4 Å². The van der Waals surface area contributed by atoms with Crippen LogP contribution in [0.3, 0.4) is 0 Å². The fourth-order valence-corrected chi connectivity index (χ4v) is 0.601. The predicted molar refractivity (Wildman–Crippen MR) is 34.7 cm³/mol. The van der Waals surface area contributed by atoms with E-state index in [1.54, 1.807) is 0 Å². The van der Waals surface area contributed by atoms with Crippen LogP contribution in [0.4, 0.5) is 5.95 Å². The number of anilines is 1. The van der Waals surface area contributed by atoms with E-state index in [9.17, 15) is 0 Å². The van der Waals surface area contributed by atoms with E-state index >= 15 is 0 Å². The standard InChI is InChI=1S/C5H7N5/c6-2-1-3-10-5(7)8-4-9-10/h4H,1,3H2,(H2,7,8,9). The summed E-state index contributed by atoms with van der Waals surface area (Å²) in [4.78, 5) is 3.69. The number of hydrogen-bond acceptors (Lipinski definition) is 4. The zero-order chi connectivity index (χ0) is 7.40. The van der Waals surface area contributed by atoms with Crippen molar-refractivity contribution < 1.29 is 0 Å². The van der Waals surface area contributed by atoms with Crippen molar-refractivity contribution in [2.45, 2.75) is 13.0 Å². The largest absolute Gasteiger partial charge is 0.368 e. The van der Waals surface area contributed by atoms with E-state index in [1.165, 1.54) is 11.0 Å². The Bertz CT molecular complexity index is 245. The lowest BCUT2D eigenvalue weighted by Gasteiger charge is -1.95. The Labute approximate surface area is 58.1 Å². The molecule has 0 fully saturated rings. The molecule has 0 atom stereocenters. The van der Waals surface area contributed by atoms with Gasteiger partial charge in [-0.15, -0.1) is 0 Å². The first-order chi connectivity index (χ1) is 4.84. The van der Waals surface area contributed by atoms with Crippen LogP contribution in [0.2, 0.25) is 0 Å². The van der Waals surface area contributed by atoms with Crippen molar-refractivity contribution in [3.05, 3.63) is 6.33 Å². The van der Waals surface area contributed by atoms with Gasteiger partial charge in [0, 0.05) is 0 Å². The van der Waals surface area contributed by atoms with Crippen molar-refractivity contribution in [3.63, 3.8) is 0 Å². The van der Waals surface area contributed by atoms with Crippen LogP contribution in [0.1, 0.15) is 6.42 Å². The first kappa shape index (κ1) is 6.55. The van der Waals surface area contributed by atoms with Crippen LogP contribution in [0.15, 0.2) is 6.33 Å². The molecule has 5 nitrogen and oxygen atoms in total. The molecule has 0 bridgehead atoms. The summed E-state index contributed by atoms with van der Waals surface area (Å²) in [5.74, 6) is 0.357. The van der Waals surface area contributed by atoms with Gasteiger partial charge in [0.2, 0.25) is 5.95 Å². The Kier molecular flexibility index (Phi) is 1.85. The molecule has 0 aliphatic rings. The van der Waals surface area contributed by atoms with Gasteiger partial charge in [0.25, 0.3) is 0 Å². The molecular weight excluding hydrogens is 130 g/mol. The maximum absolute atomic E-state index is 8.20. The van der Waals surface area contributed by atoms with E-state index < -0.39 is 0 Å². The van der Waals surface area contributed by atoms with E-state index in [2.05, 4.69) is 10.1 Å². The van der Waals surface area contributed by atoms with Gasteiger partial charge in [-0.3, -0.25) is 0 Å². The smallest absolute Gasteiger partial charge is 0.218 e. The fourth-order valence-electron chi connectivity index (χ4n) is 0.601. The van der Waals surface area contributed by atoms with Crippen LogP contribution in [-0.4, -0.2) is 14.8 Å². The highest BCUT2D eigenvalue weighted by Crippen LogP contribution is 1.94. The molecule has 0 unspecified atom stereocenters. The SMILES string of the molecule is N#CCCn1ncnc1N. The first-order valence-electron chi connectivity index (χ1n) is 2.85. The number of rotatable bonds is 2. The summed E-state index contributed by atoms with van der Waals surface area (Å²) in [6.45, 7) is 0.516. The third kappa shape index (κ3) is 1.23. The van der Waals surface area contributed by atoms with Crippen molar-refractivity contribution in [2.75, 3.05) is 5.73 Å². The molecule has 0 aromatic carbocycles. The molecule has 5 heteroatoms. The minimum Gasteiger partial charge on any atom is -0.368 e. The molecular formula is C5H7N5. The molecule has 0 aliphatic carbocycles. The summed E-state index contributed by atoms with van der Waals surface area (Å²) in [7, 11) is 0. The van der Waals surface area contributed by atoms with Gasteiger partial charge in [0.05, 0.1) is 19.0 Å². The van der Waals surface area contributed by atoms with E-state index in [4.69, 9.17) is 11.0 Å². The number of nitrogen functional groups attached to an aromatic ring is 1. The Morgan fingerprint density at radius 2 is 2.60 bits per heavy atom. The minimum atomic E-state index is 0.357. The van der Waals surface area contributed by atoms with Crippen LogP contribution >= 0.6 is 0 Å². The summed E-state index contributed by atoms with van der Waals surface area (Å²) >= 11 is 0. The van der Waals surface area contributed by atoms with Crippen LogP contribution in [0, 0.1) is 11.3 Å². The monoisotopic (exact) mass is 137 g/mol. The van der Waals surface area contributed by atoms with Gasteiger partial charge >= 0.3 is 0 Å². The Morgan fingerprint density at radius 1 is 1.80 bits per heavy atom. The van der Waals surface area contributed by atoms with Crippen LogP contribution in [0.5, 0.6) is 0 Å². The Balaban J connectivity index is 2.59. The lowest BCUT2D eigenvalue weighted by atomic mass is 10.5. The quantitative estimate of drug-likeness (QED) is 0.610. The van der Waals surface area contributed by atoms with Gasteiger partial charge in [-0.05, 0) is 0 Å². The zero-order valence-corrected chi connectivity index (χ0v) is 5.36. The molecule has 0 amide bonds. The van der Waals surface area contributed by atoms with Crippen molar-refractivity contribution in [1.29, 1.82) is 5.26 Å². The summed E-state index contributed by atoms with van der Waals surface area (Å²) in [5, 5.41) is 12.0. The Hall–Kier alpha value is -1.57. The summed E-state index contributed by atoms with van der Waals surface area (Å²) in [5.41, 5.74) is 5.36.